The maximum Gasteiger partial charge on any atom is 0.243 e. The van der Waals surface area contributed by atoms with Crippen LogP contribution in [-0.4, -0.2) is 93.5 Å². The average Bonchev–Trinajstić information content (AvgIpc) is 3.34. The van der Waals surface area contributed by atoms with Gasteiger partial charge in [-0.15, -0.1) is 0 Å². The first-order valence-corrected chi connectivity index (χ1v) is 12.1. The van der Waals surface area contributed by atoms with Crippen molar-refractivity contribution in [2.24, 2.45) is 0 Å². The van der Waals surface area contributed by atoms with Gasteiger partial charge in [-0.2, -0.15) is 4.31 Å². The van der Waals surface area contributed by atoms with Gasteiger partial charge >= 0.3 is 0 Å². The third kappa shape index (κ3) is 4.55. The number of sulfonamides is 1. The first kappa shape index (κ1) is 22.4. The Hall–Kier alpha value is -1.82. The second-order valence-electron chi connectivity index (χ2n) is 8.52. The third-order valence-corrected chi connectivity index (χ3v) is 8.24. The van der Waals surface area contributed by atoms with Crippen LogP contribution in [0, 0.1) is 0 Å². The van der Waals surface area contributed by atoms with Crippen molar-refractivity contribution in [3.8, 4) is 0 Å². The number of hydrogen-bond donors (Lipinski definition) is 3. The molecule has 0 bridgehead atoms. The molecule has 2 fully saturated rings. The number of rotatable bonds is 7. The average molecular weight is 451 g/mol. The van der Waals surface area contributed by atoms with E-state index in [-0.39, 0.29) is 31.1 Å². The quantitative estimate of drug-likeness (QED) is 0.537. The number of benzene rings is 1. The lowest BCUT2D eigenvalue weighted by Gasteiger charge is -2.37. The first-order chi connectivity index (χ1) is 14.8. The van der Waals surface area contributed by atoms with Gasteiger partial charge in [-0.05, 0) is 38.1 Å². The van der Waals surface area contributed by atoms with Crippen LogP contribution in [0.3, 0.4) is 0 Å². The second-order valence-corrected chi connectivity index (χ2v) is 10.5. The number of hydrogen-bond acceptors (Lipinski definition) is 7. The number of nitrogens with zero attached hydrogens (tertiary/aromatic N) is 4. The molecular formula is C21H30N4O5S. The molecular weight excluding hydrogens is 420 g/mol. The highest BCUT2D eigenvalue weighted by molar-refractivity contribution is 7.89. The standard InChI is InChI=1S/C21H30N4O5S/c26-11-10-24-16-22-12-19(24)17-6-8-23(9-7-17)14-21(28)15-25(13-20(21)27)31(29,30)18-4-2-1-3-5-18/h1-5,12,16-17,20,26-28H,6-11,13-15H2/t20-,21+/m1/s1. The summed E-state index contributed by atoms with van der Waals surface area (Å²) in [7, 11) is -3.77. The SMILES string of the molecule is O=S(=O)(c1ccccc1)N1C[C@@H](O)[C@](O)(CN2CCC(c3cncn3CCO)CC2)C1. The Balaban J connectivity index is 1.38. The minimum Gasteiger partial charge on any atom is -0.395 e. The maximum absolute atomic E-state index is 12.9. The van der Waals surface area contributed by atoms with Crippen LogP contribution >= 0.6 is 0 Å². The van der Waals surface area contributed by atoms with E-state index in [2.05, 4.69) is 9.88 Å². The Bertz CT molecular complexity index is 975. The van der Waals surface area contributed by atoms with Gasteiger partial charge in [-0.25, -0.2) is 13.4 Å². The van der Waals surface area contributed by atoms with E-state index < -0.39 is 21.7 Å². The molecule has 0 unspecified atom stereocenters. The topological polar surface area (TPSA) is 119 Å². The zero-order chi connectivity index (χ0) is 22.1. The lowest BCUT2D eigenvalue weighted by Crippen LogP contribution is -2.53. The van der Waals surface area contributed by atoms with Crippen molar-refractivity contribution in [1.29, 1.82) is 0 Å². The molecule has 2 aromatic rings. The summed E-state index contributed by atoms with van der Waals surface area (Å²) >= 11 is 0. The van der Waals surface area contributed by atoms with E-state index >= 15 is 0 Å². The molecule has 31 heavy (non-hydrogen) atoms. The highest BCUT2D eigenvalue weighted by Crippen LogP contribution is 2.32. The molecule has 2 atom stereocenters. The highest BCUT2D eigenvalue weighted by atomic mass is 32.2. The molecule has 2 saturated heterocycles. The van der Waals surface area contributed by atoms with Crippen molar-refractivity contribution >= 4 is 10.0 Å². The number of aromatic nitrogens is 2. The Morgan fingerprint density at radius 2 is 1.87 bits per heavy atom. The van der Waals surface area contributed by atoms with Crippen molar-refractivity contribution in [2.75, 3.05) is 39.3 Å². The number of imidazole rings is 1. The molecule has 1 aromatic heterocycles. The fourth-order valence-electron chi connectivity index (χ4n) is 4.66. The van der Waals surface area contributed by atoms with Gasteiger partial charge in [-0.1, -0.05) is 18.2 Å². The van der Waals surface area contributed by atoms with Crippen LogP contribution in [0.4, 0.5) is 0 Å². The summed E-state index contributed by atoms with van der Waals surface area (Å²) in [6.07, 6.45) is 4.17. The van der Waals surface area contributed by atoms with Gasteiger partial charge in [0, 0.05) is 44.0 Å². The molecule has 0 spiro atoms. The van der Waals surface area contributed by atoms with Gasteiger partial charge in [0.2, 0.25) is 10.0 Å². The molecule has 3 heterocycles. The molecule has 0 aliphatic carbocycles. The fourth-order valence-corrected chi connectivity index (χ4v) is 6.19. The van der Waals surface area contributed by atoms with Crippen LogP contribution in [-0.2, 0) is 16.6 Å². The second kappa shape index (κ2) is 8.97. The molecule has 2 aliphatic rings. The minimum atomic E-state index is -3.77. The number of aliphatic hydroxyl groups excluding tert-OH is 2. The van der Waals surface area contributed by atoms with Crippen molar-refractivity contribution in [1.82, 2.24) is 18.8 Å². The molecule has 10 heteroatoms. The van der Waals surface area contributed by atoms with Gasteiger partial charge in [-0.3, -0.25) is 0 Å². The van der Waals surface area contributed by atoms with Crippen LogP contribution in [0.25, 0.3) is 0 Å². The summed E-state index contributed by atoms with van der Waals surface area (Å²) in [5, 5.41) is 30.9. The normalized spacial score (nSPS) is 26.5. The zero-order valence-electron chi connectivity index (χ0n) is 17.4. The fraction of sp³-hybridized carbons (Fsp3) is 0.571. The minimum absolute atomic E-state index is 0.0650. The van der Waals surface area contributed by atoms with Crippen molar-refractivity contribution < 1.29 is 23.7 Å². The molecule has 2 aliphatic heterocycles. The smallest absolute Gasteiger partial charge is 0.243 e. The van der Waals surface area contributed by atoms with Crippen LogP contribution in [0.5, 0.6) is 0 Å². The Morgan fingerprint density at radius 1 is 1.16 bits per heavy atom. The summed E-state index contributed by atoms with van der Waals surface area (Å²) in [5.41, 5.74) is -0.402. The number of β-amino-alcohol motifs (C(OH)–C–C–N with tert-alkyl or cyclic N) is 2. The molecule has 9 nitrogen and oxygen atoms in total. The molecule has 0 radical (unpaired) electrons. The highest BCUT2D eigenvalue weighted by Gasteiger charge is 2.49. The van der Waals surface area contributed by atoms with Crippen LogP contribution < -0.4 is 0 Å². The van der Waals surface area contributed by atoms with E-state index in [4.69, 9.17) is 0 Å². The van der Waals surface area contributed by atoms with E-state index in [9.17, 15) is 23.7 Å². The van der Waals surface area contributed by atoms with Gasteiger partial charge in [0.15, 0.2) is 0 Å². The first-order valence-electron chi connectivity index (χ1n) is 10.6. The van der Waals surface area contributed by atoms with Crippen molar-refractivity contribution in [2.45, 2.75) is 41.9 Å². The van der Waals surface area contributed by atoms with Crippen molar-refractivity contribution in [3.05, 3.63) is 48.5 Å². The van der Waals surface area contributed by atoms with Gasteiger partial charge in [0.25, 0.3) is 0 Å². The summed E-state index contributed by atoms with van der Waals surface area (Å²) in [4.78, 5) is 6.45. The molecule has 3 N–H and O–H groups in total. The number of aliphatic hydroxyl groups is 3. The Morgan fingerprint density at radius 3 is 2.55 bits per heavy atom. The lowest BCUT2D eigenvalue weighted by molar-refractivity contribution is -0.0640. The summed E-state index contributed by atoms with van der Waals surface area (Å²) in [5.74, 6) is 0.323. The van der Waals surface area contributed by atoms with E-state index in [1.165, 1.54) is 16.4 Å². The van der Waals surface area contributed by atoms with Crippen LogP contribution in [0.1, 0.15) is 24.5 Å². The molecule has 0 saturated carbocycles. The number of likely N-dealkylation sites (tertiary alicyclic amines) is 1. The molecule has 4 rings (SSSR count). The van der Waals surface area contributed by atoms with Gasteiger partial charge in [0.1, 0.15) is 5.60 Å². The zero-order valence-corrected chi connectivity index (χ0v) is 18.2. The molecule has 1 aromatic carbocycles. The Labute approximate surface area is 182 Å². The molecule has 170 valence electrons. The van der Waals surface area contributed by atoms with E-state index in [0.717, 1.165) is 31.6 Å². The number of piperidine rings is 1. The Kier molecular flexibility index (Phi) is 6.47. The third-order valence-electron chi connectivity index (χ3n) is 6.42. The van der Waals surface area contributed by atoms with E-state index in [1.54, 1.807) is 24.5 Å². The summed E-state index contributed by atoms with van der Waals surface area (Å²) < 4.78 is 28.9. The van der Waals surface area contributed by atoms with E-state index in [0.29, 0.717) is 12.5 Å². The van der Waals surface area contributed by atoms with Crippen LogP contribution in [0.2, 0.25) is 0 Å². The van der Waals surface area contributed by atoms with Crippen LogP contribution in [0.15, 0.2) is 47.8 Å². The van der Waals surface area contributed by atoms with Gasteiger partial charge in [0.05, 0.1) is 23.9 Å². The predicted molar refractivity (Wildman–Crippen MR) is 114 cm³/mol. The van der Waals surface area contributed by atoms with Crippen molar-refractivity contribution in [3.63, 3.8) is 0 Å². The monoisotopic (exact) mass is 450 g/mol. The largest absolute Gasteiger partial charge is 0.395 e. The molecule has 0 amide bonds. The summed E-state index contributed by atoms with van der Waals surface area (Å²) in [6, 6.07) is 8.09. The van der Waals surface area contributed by atoms with Gasteiger partial charge < -0.3 is 24.8 Å². The summed E-state index contributed by atoms with van der Waals surface area (Å²) in [6.45, 7) is 2.02. The predicted octanol–water partition coefficient (Wildman–Crippen LogP) is -0.149. The lowest BCUT2D eigenvalue weighted by atomic mass is 9.91. The van der Waals surface area contributed by atoms with E-state index in [1.807, 2.05) is 10.8 Å². The maximum atomic E-state index is 12.9.